The summed E-state index contributed by atoms with van der Waals surface area (Å²) in [6.07, 6.45) is 1.01. The van der Waals surface area contributed by atoms with Gasteiger partial charge in [0.2, 0.25) is 0 Å². The lowest BCUT2D eigenvalue weighted by Crippen LogP contribution is -2.32. The van der Waals surface area contributed by atoms with Gasteiger partial charge in [0.15, 0.2) is 0 Å². The van der Waals surface area contributed by atoms with E-state index in [9.17, 15) is 12.8 Å². The molecule has 0 bridgehead atoms. The highest BCUT2D eigenvalue weighted by Gasteiger charge is 2.24. The number of halogens is 2. The second-order valence-corrected chi connectivity index (χ2v) is 7.13. The maximum Gasteiger partial charge on any atom is 0.150 e. The van der Waals surface area contributed by atoms with Crippen LogP contribution < -0.4 is 11.1 Å². The van der Waals surface area contributed by atoms with E-state index in [-0.39, 0.29) is 22.6 Å². The van der Waals surface area contributed by atoms with Crippen molar-refractivity contribution in [3.63, 3.8) is 0 Å². The van der Waals surface area contributed by atoms with E-state index in [1.807, 2.05) is 0 Å². The minimum Gasteiger partial charge on any atom is -0.397 e. The summed E-state index contributed by atoms with van der Waals surface area (Å²) in [6, 6.07) is 2.58. The molecule has 1 aliphatic heterocycles. The molecule has 0 radical (unpaired) electrons. The first kappa shape index (κ1) is 13.4. The van der Waals surface area contributed by atoms with Crippen molar-refractivity contribution in [2.75, 3.05) is 22.6 Å². The smallest absolute Gasteiger partial charge is 0.150 e. The highest BCUT2D eigenvalue weighted by molar-refractivity contribution is 7.91. The number of hydrogen-bond donors (Lipinski definition) is 2. The topological polar surface area (TPSA) is 72.2 Å². The first-order chi connectivity index (χ1) is 8.37. The summed E-state index contributed by atoms with van der Waals surface area (Å²) in [7, 11) is -2.90. The van der Waals surface area contributed by atoms with E-state index in [0.717, 1.165) is 0 Å². The lowest BCUT2D eigenvalue weighted by Gasteiger charge is -2.24. The molecule has 0 spiro atoms. The molecule has 0 unspecified atom stereocenters. The molecule has 4 nitrogen and oxygen atoms in total. The average molecular weight is 293 g/mol. The third kappa shape index (κ3) is 3.05. The number of anilines is 2. The maximum atomic E-state index is 13.3. The molecule has 1 aromatic rings. The lowest BCUT2D eigenvalue weighted by molar-refractivity contribution is 0.559. The summed E-state index contributed by atoms with van der Waals surface area (Å²) >= 11 is 5.60. The van der Waals surface area contributed by atoms with Crippen LogP contribution in [-0.4, -0.2) is 26.0 Å². The van der Waals surface area contributed by atoms with Crippen molar-refractivity contribution in [3.8, 4) is 0 Å². The Morgan fingerprint density at radius 2 is 1.94 bits per heavy atom. The van der Waals surface area contributed by atoms with E-state index >= 15 is 0 Å². The highest BCUT2D eigenvalue weighted by Crippen LogP contribution is 2.28. The number of rotatable bonds is 2. The minimum atomic E-state index is -2.90. The van der Waals surface area contributed by atoms with Crippen molar-refractivity contribution in [1.82, 2.24) is 0 Å². The van der Waals surface area contributed by atoms with Crippen LogP contribution in [0.2, 0.25) is 5.02 Å². The second kappa shape index (κ2) is 4.93. The van der Waals surface area contributed by atoms with E-state index < -0.39 is 15.7 Å². The number of sulfone groups is 1. The standard InChI is InChI=1S/C11H14ClFN2O2S/c12-8-5-10(14)11(6-9(8)13)15-7-1-3-18(16,17)4-2-7/h5-7,15H,1-4,14H2. The number of nitrogen functional groups attached to an aromatic ring is 1. The van der Waals surface area contributed by atoms with Crippen molar-refractivity contribution in [1.29, 1.82) is 0 Å². The van der Waals surface area contributed by atoms with Crippen LogP contribution in [0.15, 0.2) is 12.1 Å². The zero-order valence-corrected chi connectivity index (χ0v) is 11.2. The average Bonchev–Trinajstić information content (AvgIpc) is 2.28. The minimum absolute atomic E-state index is 0.00333. The van der Waals surface area contributed by atoms with Gasteiger partial charge in [0.1, 0.15) is 15.7 Å². The zero-order valence-electron chi connectivity index (χ0n) is 9.62. The zero-order chi connectivity index (χ0) is 13.3. The Morgan fingerprint density at radius 1 is 1.33 bits per heavy atom. The number of nitrogens with two attached hydrogens (primary N) is 1. The van der Waals surface area contributed by atoms with Gasteiger partial charge < -0.3 is 11.1 Å². The molecule has 0 atom stereocenters. The lowest BCUT2D eigenvalue weighted by atomic mass is 10.1. The van der Waals surface area contributed by atoms with Gasteiger partial charge in [0.05, 0.1) is 27.9 Å². The molecule has 0 saturated carbocycles. The van der Waals surface area contributed by atoms with Gasteiger partial charge in [-0.15, -0.1) is 0 Å². The molecular weight excluding hydrogens is 279 g/mol. The Kier molecular flexibility index (Phi) is 3.68. The number of benzene rings is 1. The molecule has 1 heterocycles. The molecule has 18 heavy (non-hydrogen) atoms. The molecule has 0 aromatic heterocycles. The molecule has 100 valence electrons. The van der Waals surface area contributed by atoms with Gasteiger partial charge >= 0.3 is 0 Å². The summed E-state index contributed by atoms with van der Waals surface area (Å²) in [4.78, 5) is 0. The Bertz CT molecular complexity index is 548. The van der Waals surface area contributed by atoms with Crippen molar-refractivity contribution >= 4 is 32.8 Å². The van der Waals surface area contributed by atoms with Crippen LogP contribution in [-0.2, 0) is 9.84 Å². The molecular formula is C11H14ClFN2O2S. The third-order valence-corrected chi connectivity index (χ3v) is 5.01. The fourth-order valence-corrected chi connectivity index (χ4v) is 3.61. The number of nitrogens with one attached hydrogen (secondary N) is 1. The van der Waals surface area contributed by atoms with Gasteiger partial charge in [-0.3, -0.25) is 0 Å². The molecule has 1 saturated heterocycles. The van der Waals surface area contributed by atoms with Gasteiger partial charge in [-0.1, -0.05) is 11.6 Å². The van der Waals surface area contributed by atoms with Crippen molar-refractivity contribution in [2.45, 2.75) is 18.9 Å². The maximum absolute atomic E-state index is 13.3. The third-order valence-electron chi connectivity index (χ3n) is 3.01. The van der Waals surface area contributed by atoms with Crippen molar-refractivity contribution in [3.05, 3.63) is 23.0 Å². The molecule has 7 heteroatoms. The van der Waals surface area contributed by atoms with E-state index in [1.165, 1.54) is 12.1 Å². The van der Waals surface area contributed by atoms with Crippen LogP contribution in [0.3, 0.4) is 0 Å². The van der Waals surface area contributed by atoms with Crippen molar-refractivity contribution in [2.24, 2.45) is 0 Å². The van der Waals surface area contributed by atoms with Gasteiger partial charge in [-0.05, 0) is 18.9 Å². The van der Waals surface area contributed by atoms with E-state index in [2.05, 4.69) is 5.32 Å². The van der Waals surface area contributed by atoms with E-state index in [0.29, 0.717) is 24.2 Å². The van der Waals surface area contributed by atoms with Gasteiger partial charge in [-0.25, -0.2) is 12.8 Å². The first-order valence-electron chi connectivity index (χ1n) is 5.59. The molecule has 2 rings (SSSR count). The summed E-state index contributed by atoms with van der Waals surface area (Å²) in [5.41, 5.74) is 6.54. The Balaban J connectivity index is 2.09. The summed E-state index contributed by atoms with van der Waals surface area (Å²) < 4.78 is 35.9. The first-order valence-corrected chi connectivity index (χ1v) is 7.79. The fraction of sp³-hybridized carbons (Fsp3) is 0.455. The SMILES string of the molecule is Nc1cc(Cl)c(F)cc1NC1CCS(=O)(=O)CC1. The molecule has 1 aliphatic rings. The molecule has 1 aromatic carbocycles. The normalized spacial score (nSPS) is 19.7. The van der Waals surface area contributed by atoms with Crippen LogP contribution in [0, 0.1) is 5.82 Å². The Labute approximate surface area is 110 Å². The van der Waals surface area contributed by atoms with Gasteiger partial charge in [0.25, 0.3) is 0 Å². The number of hydrogen-bond acceptors (Lipinski definition) is 4. The van der Waals surface area contributed by atoms with E-state index in [4.69, 9.17) is 17.3 Å². The summed E-state index contributed by atoms with van der Waals surface area (Å²) in [5, 5.41) is 3.04. The quantitative estimate of drug-likeness (QED) is 0.818. The molecule has 0 amide bonds. The van der Waals surface area contributed by atoms with Crippen LogP contribution in [0.5, 0.6) is 0 Å². The monoisotopic (exact) mass is 292 g/mol. The van der Waals surface area contributed by atoms with Crippen LogP contribution in [0.4, 0.5) is 15.8 Å². The molecule has 0 aliphatic carbocycles. The van der Waals surface area contributed by atoms with Gasteiger partial charge in [-0.2, -0.15) is 0 Å². The van der Waals surface area contributed by atoms with Crippen LogP contribution in [0.25, 0.3) is 0 Å². The summed E-state index contributed by atoms with van der Waals surface area (Å²) in [6.45, 7) is 0. The van der Waals surface area contributed by atoms with Crippen molar-refractivity contribution < 1.29 is 12.8 Å². The Morgan fingerprint density at radius 3 is 2.56 bits per heavy atom. The predicted molar refractivity (Wildman–Crippen MR) is 71.1 cm³/mol. The van der Waals surface area contributed by atoms with Crippen LogP contribution >= 0.6 is 11.6 Å². The van der Waals surface area contributed by atoms with E-state index in [1.54, 1.807) is 0 Å². The van der Waals surface area contributed by atoms with Crippen LogP contribution in [0.1, 0.15) is 12.8 Å². The predicted octanol–water partition coefficient (Wildman–Crippen LogP) is 2.05. The largest absolute Gasteiger partial charge is 0.397 e. The summed E-state index contributed by atoms with van der Waals surface area (Å²) in [5.74, 6) is -0.238. The highest BCUT2D eigenvalue weighted by atomic mass is 35.5. The molecule has 1 fully saturated rings. The Hall–Kier alpha value is -1.01. The van der Waals surface area contributed by atoms with Gasteiger partial charge in [0, 0.05) is 12.1 Å². The fourth-order valence-electron chi connectivity index (χ4n) is 1.94. The second-order valence-electron chi connectivity index (χ2n) is 4.42. The molecule has 3 N–H and O–H groups in total.